The molecule has 2 aromatic rings. The Morgan fingerprint density at radius 3 is 2.89 bits per heavy atom. The first-order valence-electron chi connectivity index (χ1n) is 8.77. The molecule has 2 amide bonds. The Bertz CT molecular complexity index is 882. The zero-order valence-corrected chi connectivity index (χ0v) is 14.9. The van der Waals surface area contributed by atoms with Crippen LogP contribution in [0.3, 0.4) is 0 Å². The van der Waals surface area contributed by atoms with Crippen LogP contribution in [0.4, 0.5) is 5.69 Å². The molecule has 1 fully saturated rings. The third-order valence-corrected chi connectivity index (χ3v) is 4.79. The summed E-state index contributed by atoms with van der Waals surface area (Å²) in [5, 5.41) is 2.88. The quantitative estimate of drug-likeness (QED) is 0.878. The minimum atomic E-state index is -0.521. The summed E-state index contributed by atoms with van der Waals surface area (Å²) in [7, 11) is 1.55. The van der Waals surface area contributed by atoms with Gasteiger partial charge < -0.3 is 24.4 Å². The summed E-state index contributed by atoms with van der Waals surface area (Å²) in [5.74, 6) is 1.68. The second-order valence-electron chi connectivity index (χ2n) is 6.45. The Morgan fingerprint density at radius 1 is 1.22 bits per heavy atom. The Morgan fingerprint density at radius 2 is 2.04 bits per heavy atom. The highest BCUT2D eigenvalue weighted by molar-refractivity contribution is 5.99. The number of nitrogens with one attached hydrogen (secondary N) is 1. The fourth-order valence-corrected chi connectivity index (χ4v) is 3.40. The molecule has 2 heterocycles. The number of hydrogen-bond acceptors (Lipinski definition) is 5. The van der Waals surface area contributed by atoms with E-state index in [1.54, 1.807) is 24.1 Å². The van der Waals surface area contributed by atoms with Gasteiger partial charge in [-0.2, -0.15) is 0 Å². The molecule has 0 aromatic heterocycles. The number of para-hydroxylation sites is 2. The lowest BCUT2D eigenvalue weighted by atomic mass is 10.1. The number of benzene rings is 2. The minimum absolute atomic E-state index is 0.0344. The molecule has 2 aliphatic rings. The van der Waals surface area contributed by atoms with Gasteiger partial charge in [-0.3, -0.25) is 9.59 Å². The molecule has 27 heavy (non-hydrogen) atoms. The monoisotopic (exact) mass is 368 g/mol. The van der Waals surface area contributed by atoms with Gasteiger partial charge in [-0.25, -0.2) is 0 Å². The van der Waals surface area contributed by atoms with Gasteiger partial charge in [0, 0.05) is 13.0 Å². The van der Waals surface area contributed by atoms with Gasteiger partial charge in [-0.1, -0.05) is 18.2 Å². The number of ether oxygens (including phenoxy) is 3. The van der Waals surface area contributed by atoms with Crippen LogP contribution in [0.5, 0.6) is 17.2 Å². The molecule has 4 rings (SSSR count). The van der Waals surface area contributed by atoms with E-state index in [4.69, 9.17) is 14.2 Å². The van der Waals surface area contributed by atoms with Crippen molar-refractivity contribution >= 4 is 17.5 Å². The van der Waals surface area contributed by atoms with Crippen LogP contribution >= 0.6 is 0 Å². The second kappa shape index (κ2) is 7.19. The van der Waals surface area contributed by atoms with Crippen molar-refractivity contribution in [3.05, 3.63) is 48.0 Å². The second-order valence-corrected chi connectivity index (χ2v) is 6.45. The molecule has 1 atom stereocenters. The molecule has 2 aliphatic heterocycles. The molecule has 0 aliphatic carbocycles. The van der Waals surface area contributed by atoms with Crippen LogP contribution in [0.2, 0.25) is 0 Å². The van der Waals surface area contributed by atoms with Crippen LogP contribution in [0.25, 0.3) is 0 Å². The van der Waals surface area contributed by atoms with Crippen molar-refractivity contribution in [1.82, 2.24) is 4.90 Å². The lowest BCUT2D eigenvalue weighted by Gasteiger charge is -2.24. The van der Waals surface area contributed by atoms with Gasteiger partial charge in [0.15, 0.2) is 11.5 Å². The van der Waals surface area contributed by atoms with Crippen molar-refractivity contribution in [3.63, 3.8) is 0 Å². The Hall–Kier alpha value is -3.22. The number of rotatable bonds is 5. The fraction of sp³-hybridized carbons (Fsp3) is 0.300. The predicted molar refractivity (Wildman–Crippen MR) is 97.8 cm³/mol. The zero-order valence-electron chi connectivity index (χ0n) is 14.9. The third-order valence-electron chi connectivity index (χ3n) is 4.79. The van der Waals surface area contributed by atoms with Crippen LogP contribution in [0.15, 0.2) is 42.5 Å². The fourth-order valence-electron chi connectivity index (χ4n) is 3.40. The Kier molecular flexibility index (Phi) is 4.58. The van der Waals surface area contributed by atoms with E-state index in [1.807, 2.05) is 30.3 Å². The average molecular weight is 368 g/mol. The van der Waals surface area contributed by atoms with Gasteiger partial charge in [0.25, 0.3) is 0 Å². The van der Waals surface area contributed by atoms with Crippen molar-refractivity contribution in [1.29, 1.82) is 0 Å². The highest BCUT2D eigenvalue weighted by Gasteiger charge is 2.36. The van der Waals surface area contributed by atoms with E-state index in [-0.39, 0.29) is 18.6 Å². The van der Waals surface area contributed by atoms with E-state index in [0.29, 0.717) is 42.3 Å². The summed E-state index contributed by atoms with van der Waals surface area (Å²) in [4.78, 5) is 26.8. The predicted octanol–water partition coefficient (Wildman–Crippen LogP) is 2.55. The third kappa shape index (κ3) is 3.40. The van der Waals surface area contributed by atoms with Gasteiger partial charge >= 0.3 is 0 Å². The van der Waals surface area contributed by atoms with Crippen LogP contribution < -0.4 is 19.5 Å². The van der Waals surface area contributed by atoms with Crippen molar-refractivity contribution in [2.24, 2.45) is 0 Å². The number of nitrogens with zero attached hydrogens (tertiary/aromatic N) is 1. The number of fused-ring (bicyclic) bond motifs is 1. The molecule has 0 bridgehead atoms. The highest BCUT2D eigenvalue weighted by atomic mass is 16.7. The first-order valence-corrected chi connectivity index (χ1v) is 8.77. The maximum Gasteiger partial charge on any atom is 0.247 e. The minimum Gasteiger partial charge on any atom is -0.495 e. The topological polar surface area (TPSA) is 77.1 Å². The van der Waals surface area contributed by atoms with Crippen LogP contribution in [-0.2, 0) is 16.1 Å². The molecule has 0 radical (unpaired) electrons. The van der Waals surface area contributed by atoms with E-state index >= 15 is 0 Å². The average Bonchev–Trinajstić information content (AvgIpc) is 3.29. The Labute approximate surface area is 156 Å². The summed E-state index contributed by atoms with van der Waals surface area (Å²) in [6.45, 7) is 0.546. The lowest BCUT2D eigenvalue weighted by molar-refractivity contribution is -0.133. The molecule has 2 aromatic carbocycles. The van der Waals surface area contributed by atoms with E-state index in [1.165, 1.54) is 0 Å². The maximum absolute atomic E-state index is 12.8. The Balaban J connectivity index is 1.50. The van der Waals surface area contributed by atoms with E-state index in [9.17, 15) is 9.59 Å². The summed E-state index contributed by atoms with van der Waals surface area (Å²) < 4.78 is 16.0. The SMILES string of the molecule is COc1ccccc1NC(=O)C1CCC(=O)N1Cc1ccc2c(c1)OCO2. The van der Waals surface area contributed by atoms with E-state index in [0.717, 1.165) is 5.56 Å². The molecular weight excluding hydrogens is 348 g/mol. The van der Waals surface area contributed by atoms with Crippen LogP contribution in [0.1, 0.15) is 18.4 Å². The molecule has 0 spiro atoms. The van der Waals surface area contributed by atoms with Crippen molar-refractivity contribution < 1.29 is 23.8 Å². The number of hydrogen-bond donors (Lipinski definition) is 1. The standard InChI is InChI=1S/C20H20N2O5/c1-25-16-5-3-2-4-14(16)21-20(24)15-7-9-19(23)22(15)11-13-6-8-17-18(10-13)27-12-26-17/h2-6,8,10,15H,7,9,11-12H2,1H3,(H,21,24). The van der Waals surface area contributed by atoms with E-state index < -0.39 is 6.04 Å². The molecule has 7 heteroatoms. The molecule has 7 nitrogen and oxygen atoms in total. The normalized spacial score (nSPS) is 17.9. The number of carbonyl (C=O) groups is 2. The summed E-state index contributed by atoms with van der Waals surface area (Å²) >= 11 is 0. The molecular formula is C20H20N2O5. The number of amides is 2. The molecule has 0 saturated carbocycles. The van der Waals surface area contributed by atoms with Crippen molar-refractivity contribution in [2.75, 3.05) is 19.2 Å². The molecule has 1 saturated heterocycles. The van der Waals surface area contributed by atoms with Gasteiger partial charge in [0.2, 0.25) is 18.6 Å². The molecule has 140 valence electrons. The number of likely N-dealkylation sites (tertiary alicyclic amines) is 1. The summed E-state index contributed by atoms with van der Waals surface area (Å²) in [6, 6.07) is 12.2. The van der Waals surface area contributed by atoms with Crippen molar-refractivity contribution in [3.8, 4) is 17.2 Å². The molecule has 1 unspecified atom stereocenters. The van der Waals surface area contributed by atoms with Gasteiger partial charge in [0.05, 0.1) is 12.8 Å². The first kappa shape index (κ1) is 17.2. The number of methoxy groups -OCH3 is 1. The maximum atomic E-state index is 12.8. The van der Waals surface area contributed by atoms with Crippen LogP contribution in [-0.4, -0.2) is 36.7 Å². The van der Waals surface area contributed by atoms with E-state index in [2.05, 4.69) is 5.32 Å². The first-order chi connectivity index (χ1) is 13.2. The number of anilines is 1. The highest BCUT2D eigenvalue weighted by Crippen LogP contribution is 2.34. The largest absolute Gasteiger partial charge is 0.495 e. The zero-order chi connectivity index (χ0) is 18.8. The van der Waals surface area contributed by atoms with Gasteiger partial charge in [0.1, 0.15) is 11.8 Å². The van der Waals surface area contributed by atoms with Gasteiger partial charge in [-0.15, -0.1) is 0 Å². The van der Waals surface area contributed by atoms with Crippen molar-refractivity contribution in [2.45, 2.75) is 25.4 Å². The summed E-state index contributed by atoms with van der Waals surface area (Å²) in [6.07, 6.45) is 0.846. The smallest absolute Gasteiger partial charge is 0.247 e. The van der Waals surface area contributed by atoms with Crippen LogP contribution in [0, 0.1) is 0 Å². The molecule has 1 N–H and O–H groups in total. The number of carbonyl (C=O) groups excluding carboxylic acids is 2. The summed E-state index contributed by atoms with van der Waals surface area (Å²) in [5.41, 5.74) is 1.48. The lowest BCUT2D eigenvalue weighted by Crippen LogP contribution is -2.41. The van der Waals surface area contributed by atoms with Gasteiger partial charge in [-0.05, 0) is 36.2 Å².